The van der Waals surface area contributed by atoms with Gasteiger partial charge in [-0.15, -0.1) is 0 Å². The van der Waals surface area contributed by atoms with Gasteiger partial charge in [0.05, 0.1) is 5.92 Å². The van der Waals surface area contributed by atoms with Crippen LogP contribution in [0.1, 0.15) is 6.42 Å². The molecule has 2 fully saturated rings. The Bertz CT molecular complexity index is 270. The van der Waals surface area contributed by atoms with E-state index in [9.17, 15) is 13.2 Å². The number of hydrogen-bond acceptors (Lipinski definition) is 3. The molecule has 2 heterocycles. The number of likely N-dealkylation sites (tertiary alicyclic amines) is 1. The highest BCUT2D eigenvalue weighted by atomic mass is 19.4. The fraction of sp³-hybridized carbons (Fsp3) is 1.00. The molecule has 2 aliphatic rings. The first-order chi connectivity index (χ1) is 8.45. The second kappa shape index (κ2) is 5.75. The first kappa shape index (κ1) is 14.1. The third-order valence-corrected chi connectivity index (χ3v) is 3.94. The van der Waals surface area contributed by atoms with Crippen LogP contribution in [-0.2, 0) is 0 Å². The fourth-order valence-corrected chi connectivity index (χ4v) is 2.91. The summed E-state index contributed by atoms with van der Waals surface area (Å²) in [5.74, 6) is -0.693. The van der Waals surface area contributed by atoms with Gasteiger partial charge in [-0.1, -0.05) is 0 Å². The third kappa shape index (κ3) is 3.83. The molecule has 0 aromatic heterocycles. The van der Waals surface area contributed by atoms with Crippen LogP contribution in [0.15, 0.2) is 0 Å². The molecule has 0 aliphatic carbocycles. The molecule has 0 aromatic rings. The maximum absolute atomic E-state index is 12.8. The summed E-state index contributed by atoms with van der Waals surface area (Å²) in [6.45, 7) is 4.49. The van der Waals surface area contributed by atoms with E-state index >= 15 is 0 Å². The third-order valence-electron chi connectivity index (χ3n) is 3.94. The minimum atomic E-state index is -4.08. The van der Waals surface area contributed by atoms with Crippen LogP contribution in [-0.4, -0.2) is 68.8 Å². The number of halogens is 3. The molecular formula is C12H22F3N3. The van der Waals surface area contributed by atoms with Crippen molar-refractivity contribution in [1.29, 1.82) is 0 Å². The molecule has 0 spiro atoms. The lowest BCUT2D eigenvalue weighted by Gasteiger charge is -2.27. The van der Waals surface area contributed by atoms with Crippen molar-refractivity contribution in [3.8, 4) is 0 Å². The largest absolute Gasteiger partial charge is 0.394 e. The Morgan fingerprint density at radius 1 is 1.22 bits per heavy atom. The van der Waals surface area contributed by atoms with Crippen molar-refractivity contribution in [2.24, 2.45) is 11.8 Å². The van der Waals surface area contributed by atoms with Gasteiger partial charge in [0.1, 0.15) is 0 Å². The first-order valence-electron chi connectivity index (χ1n) is 6.63. The number of alkyl halides is 3. The lowest BCUT2D eigenvalue weighted by atomic mass is 10.1. The van der Waals surface area contributed by atoms with Crippen molar-refractivity contribution in [3.63, 3.8) is 0 Å². The van der Waals surface area contributed by atoms with Gasteiger partial charge in [0.2, 0.25) is 0 Å². The average molecular weight is 265 g/mol. The highest BCUT2D eigenvalue weighted by molar-refractivity contribution is 4.82. The zero-order chi connectivity index (χ0) is 13.2. The second-order valence-corrected chi connectivity index (χ2v) is 5.62. The molecule has 0 bridgehead atoms. The predicted molar refractivity (Wildman–Crippen MR) is 64.5 cm³/mol. The van der Waals surface area contributed by atoms with Gasteiger partial charge in [-0.25, -0.2) is 0 Å². The molecular weight excluding hydrogens is 243 g/mol. The first-order valence-corrected chi connectivity index (χ1v) is 6.63. The molecule has 2 rings (SSSR count). The molecule has 18 heavy (non-hydrogen) atoms. The minimum Gasteiger partial charge on any atom is -0.315 e. The van der Waals surface area contributed by atoms with Crippen molar-refractivity contribution < 1.29 is 13.2 Å². The molecule has 2 saturated heterocycles. The molecule has 6 heteroatoms. The summed E-state index contributed by atoms with van der Waals surface area (Å²) in [5, 5.41) is 2.90. The van der Waals surface area contributed by atoms with Gasteiger partial charge >= 0.3 is 6.18 Å². The molecule has 106 valence electrons. The van der Waals surface area contributed by atoms with Crippen molar-refractivity contribution in [2.75, 3.05) is 52.9 Å². The molecule has 1 N–H and O–H groups in total. The quantitative estimate of drug-likeness (QED) is 0.804. The van der Waals surface area contributed by atoms with Gasteiger partial charge < -0.3 is 15.1 Å². The monoisotopic (exact) mass is 265 g/mol. The Balaban J connectivity index is 1.87. The lowest BCUT2D eigenvalue weighted by Crippen LogP contribution is -2.40. The van der Waals surface area contributed by atoms with E-state index in [2.05, 4.69) is 17.3 Å². The molecule has 3 nitrogen and oxygen atoms in total. The summed E-state index contributed by atoms with van der Waals surface area (Å²) >= 11 is 0. The van der Waals surface area contributed by atoms with E-state index in [1.165, 1.54) is 0 Å². The Morgan fingerprint density at radius 3 is 2.61 bits per heavy atom. The van der Waals surface area contributed by atoms with Gasteiger partial charge in [-0.2, -0.15) is 13.2 Å². The molecule has 0 aromatic carbocycles. The maximum atomic E-state index is 12.8. The zero-order valence-corrected chi connectivity index (χ0v) is 10.8. The summed E-state index contributed by atoms with van der Waals surface area (Å²) in [6, 6.07) is 0. The maximum Gasteiger partial charge on any atom is 0.394 e. The highest BCUT2D eigenvalue weighted by Crippen LogP contribution is 2.28. The summed E-state index contributed by atoms with van der Waals surface area (Å²) in [5.41, 5.74) is 0. The van der Waals surface area contributed by atoms with E-state index in [1.54, 1.807) is 0 Å². The second-order valence-electron chi connectivity index (χ2n) is 5.62. The van der Waals surface area contributed by atoms with Crippen LogP contribution in [0, 0.1) is 11.8 Å². The Hall–Kier alpha value is -0.330. The van der Waals surface area contributed by atoms with Crippen LogP contribution in [0.25, 0.3) is 0 Å². The topological polar surface area (TPSA) is 18.5 Å². The summed E-state index contributed by atoms with van der Waals surface area (Å²) in [7, 11) is 2.07. The molecule has 0 radical (unpaired) electrons. The smallest absolute Gasteiger partial charge is 0.315 e. The number of nitrogens with zero attached hydrogens (tertiary/aromatic N) is 2. The van der Waals surface area contributed by atoms with E-state index < -0.39 is 12.1 Å². The predicted octanol–water partition coefficient (Wildman–Crippen LogP) is 1.02. The fourth-order valence-electron chi connectivity index (χ4n) is 2.91. The van der Waals surface area contributed by atoms with Crippen LogP contribution in [0.2, 0.25) is 0 Å². The summed E-state index contributed by atoms with van der Waals surface area (Å²) in [4.78, 5) is 4.24. The number of hydrogen-bond donors (Lipinski definition) is 1. The van der Waals surface area contributed by atoms with Crippen LogP contribution in [0.4, 0.5) is 13.2 Å². The van der Waals surface area contributed by atoms with Gasteiger partial charge in [0, 0.05) is 39.3 Å². The van der Waals surface area contributed by atoms with Crippen molar-refractivity contribution in [3.05, 3.63) is 0 Å². The van der Waals surface area contributed by atoms with E-state index in [4.69, 9.17) is 0 Å². The standard InChI is InChI=1S/C12H22F3N3/c1-17-4-2-10(7-17)8-18-5-3-16-6-11(9-18)12(13,14)15/h10-11,16H,2-9H2,1H3. The van der Waals surface area contributed by atoms with Crippen LogP contribution < -0.4 is 5.32 Å². The van der Waals surface area contributed by atoms with E-state index in [0.717, 1.165) is 32.6 Å². The summed E-state index contributed by atoms with van der Waals surface area (Å²) in [6.07, 6.45) is -2.97. The van der Waals surface area contributed by atoms with Crippen molar-refractivity contribution in [1.82, 2.24) is 15.1 Å². The molecule has 0 amide bonds. The summed E-state index contributed by atoms with van der Waals surface area (Å²) < 4.78 is 38.4. The van der Waals surface area contributed by atoms with Crippen molar-refractivity contribution >= 4 is 0 Å². The van der Waals surface area contributed by atoms with Crippen LogP contribution in [0.5, 0.6) is 0 Å². The average Bonchev–Trinajstić information content (AvgIpc) is 2.53. The number of rotatable bonds is 2. The van der Waals surface area contributed by atoms with Crippen molar-refractivity contribution in [2.45, 2.75) is 12.6 Å². The van der Waals surface area contributed by atoms with E-state index in [1.807, 2.05) is 4.90 Å². The molecule has 2 atom stereocenters. The zero-order valence-electron chi connectivity index (χ0n) is 10.8. The van der Waals surface area contributed by atoms with Gasteiger partial charge in [0.15, 0.2) is 0 Å². The molecule has 0 saturated carbocycles. The van der Waals surface area contributed by atoms with Crippen LogP contribution in [0.3, 0.4) is 0 Å². The van der Waals surface area contributed by atoms with E-state index in [-0.39, 0.29) is 13.1 Å². The van der Waals surface area contributed by atoms with Gasteiger partial charge in [-0.05, 0) is 25.9 Å². The normalized spacial score (nSPS) is 32.7. The van der Waals surface area contributed by atoms with E-state index in [0.29, 0.717) is 12.5 Å². The Kier molecular flexibility index (Phi) is 4.50. The number of nitrogens with one attached hydrogen (secondary N) is 1. The Morgan fingerprint density at radius 2 is 2.00 bits per heavy atom. The highest BCUT2D eigenvalue weighted by Gasteiger charge is 2.41. The lowest BCUT2D eigenvalue weighted by molar-refractivity contribution is -0.176. The molecule has 2 unspecified atom stereocenters. The molecule has 2 aliphatic heterocycles. The minimum absolute atomic E-state index is 0.0601. The van der Waals surface area contributed by atoms with Gasteiger partial charge in [0.25, 0.3) is 0 Å². The Labute approximate surface area is 106 Å². The SMILES string of the molecule is CN1CCC(CN2CCNCC(C(F)(F)F)C2)C1. The van der Waals surface area contributed by atoms with Crippen LogP contribution >= 0.6 is 0 Å². The van der Waals surface area contributed by atoms with Gasteiger partial charge in [-0.3, -0.25) is 0 Å².